The lowest BCUT2D eigenvalue weighted by Crippen LogP contribution is -2.86. The number of benzene rings is 3. The Hall–Kier alpha value is -2.42. The van der Waals surface area contributed by atoms with E-state index in [0.717, 1.165) is 17.7 Å². The highest BCUT2D eigenvalue weighted by atomic mass is 16.3. The van der Waals surface area contributed by atoms with E-state index in [4.69, 9.17) is 0 Å². The maximum absolute atomic E-state index is 11.4. The second-order valence-electron chi connectivity index (χ2n) is 5.77. The second-order valence-corrected chi connectivity index (χ2v) is 5.77. The normalized spacial score (nSPS) is 11.3. The Kier molecular flexibility index (Phi) is 4.86. The van der Waals surface area contributed by atoms with Crippen molar-refractivity contribution in [1.29, 1.82) is 0 Å². The molecule has 0 unspecified atom stereocenters. The first-order chi connectivity index (χ1) is 11.3. The van der Waals surface area contributed by atoms with E-state index in [-0.39, 0.29) is 0 Å². The highest BCUT2D eigenvalue weighted by Gasteiger charge is 2.33. The summed E-state index contributed by atoms with van der Waals surface area (Å²) in [5.74, 6) is 0. The van der Waals surface area contributed by atoms with E-state index < -0.39 is 5.60 Å². The molecule has 23 heavy (non-hydrogen) atoms. The fourth-order valence-electron chi connectivity index (χ4n) is 2.89. The molecular weight excluding hydrogens is 282 g/mol. The van der Waals surface area contributed by atoms with Crippen LogP contribution in [0.3, 0.4) is 0 Å². The van der Waals surface area contributed by atoms with Crippen LogP contribution in [0.15, 0.2) is 91.0 Å². The van der Waals surface area contributed by atoms with Crippen molar-refractivity contribution in [3.8, 4) is 0 Å². The summed E-state index contributed by atoms with van der Waals surface area (Å²) in [6.07, 6.45) is 0. The summed E-state index contributed by atoms with van der Waals surface area (Å²) >= 11 is 0. The van der Waals surface area contributed by atoms with Crippen molar-refractivity contribution in [3.63, 3.8) is 0 Å². The fraction of sp³-hybridized carbons (Fsp3) is 0.143. The molecule has 0 aliphatic heterocycles. The zero-order chi connectivity index (χ0) is 16.0. The van der Waals surface area contributed by atoms with Gasteiger partial charge in [-0.2, -0.15) is 0 Å². The smallest absolute Gasteiger partial charge is 0.163 e. The van der Waals surface area contributed by atoms with Gasteiger partial charge in [-0.15, -0.1) is 0 Å². The first-order valence-electron chi connectivity index (χ1n) is 7.98. The van der Waals surface area contributed by atoms with Gasteiger partial charge in [-0.25, -0.2) is 0 Å². The Balaban J connectivity index is 1.82. The van der Waals surface area contributed by atoms with Gasteiger partial charge in [-0.3, -0.25) is 0 Å². The van der Waals surface area contributed by atoms with Crippen LogP contribution in [0.2, 0.25) is 0 Å². The van der Waals surface area contributed by atoms with Crippen LogP contribution >= 0.6 is 0 Å². The van der Waals surface area contributed by atoms with Crippen molar-refractivity contribution in [2.24, 2.45) is 0 Å². The standard InChI is InChI=1S/C21H21NO/c23-21(19-12-6-2-7-13-19,20-14-8-3-9-15-20)17-22-16-18-10-4-1-5-11-18/h1-15,22-23H,16-17H2/p+1. The largest absolute Gasteiger partial charge is 0.375 e. The molecule has 2 heteroatoms. The molecule has 0 saturated carbocycles. The molecule has 3 rings (SSSR count). The molecule has 3 aromatic carbocycles. The van der Waals surface area contributed by atoms with Crippen LogP contribution < -0.4 is 5.32 Å². The molecule has 0 heterocycles. The van der Waals surface area contributed by atoms with E-state index in [1.807, 2.05) is 78.9 Å². The summed E-state index contributed by atoms with van der Waals surface area (Å²) in [6, 6.07) is 30.1. The van der Waals surface area contributed by atoms with Gasteiger partial charge in [0.15, 0.2) is 5.60 Å². The van der Waals surface area contributed by atoms with Crippen LogP contribution in [0.5, 0.6) is 0 Å². The summed E-state index contributed by atoms with van der Waals surface area (Å²) in [6.45, 7) is 1.43. The Morgan fingerprint density at radius 3 is 1.57 bits per heavy atom. The molecule has 3 N–H and O–H groups in total. The third-order valence-corrected chi connectivity index (χ3v) is 4.17. The van der Waals surface area contributed by atoms with Crippen molar-refractivity contribution >= 4 is 0 Å². The highest BCUT2D eigenvalue weighted by molar-refractivity contribution is 5.35. The molecule has 0 aromatic heterocycles. The quantitative estimate of drug-likeness (QED) is 0.722. The molecule has 116 valence electrons. The van der Waals surface area contributed by atoms with Crippen LogP contribution in [-0.2, 0) is 12.1 Å². The lowest BCUT2D eigenvalue weighted by Gasteiger charge is -2.27. The van der Waals surface area contributed by atoms with E-state index in [1.165, 1.54) is 5.56 Å². The number of aliphatic hydroxyl groups is 1. The van der Waals surface area contributed by atoms with Gasteiger partial charge in [-0.05, 0) is 11.1 Å². The average molecular weight is 304 g/mol. The Morgan fingerprint density at radius 1 is 0.652 bits per heavy atom. The fourth-order valence-corrected chi connectivity index (χ4v) is 2.89. The predicted octanol–water partition coefficient (Wildman–Crippen LogP) is 2.69. The molecule has 3 aromatic rings. The minimum atomic E-state index is -0.989. The Labute approximate surface area is 137 Å². The van der Waals surface area contributed by atoms with E-state index in [0.29, 0.717) is 6.54 Å². The molecule has 2 nitrogen and oxygen atoms in total. The zero-order valence-electron chi connectivity index (χ0n) is 13.1. The number of rotatable bonds is 6. The summed E-state index contributed by atoms with van der Waals surface area (Å²) < 4.78 is 0. The van der Waals surface area contributed by atoms with Gasteiger partial charge in [0.1, 0.15) is 13.1 Å². The van der Waals surface area contributed by atoms with E-state index in [9.17, 15) is 5.11 Å². The molecule has 0 fully saturated rings. The maximum Gasteiger partial charge on any atom is 0.163 e. The molecule has 0 spiro atoms. The molecular formula is C21H22NO+. The van der Waals surface area contributed by atoms with Crippen molar-refractivity contribution in [3.05, 3.63) is 108 Å². The minimum Gasteiger partial charge on any atom is -0.375 e. The predicted molar refractivity (Wildman–Crippen MR) is 92.8 cm³/mol. The van der Waals surface area contributed by atoms with Crippen molar-refractivity contribution in [2.75, 3.05) is 6.54 Å². The van der Waals surface area contributed by atoms with Crippen LogP contribution in [0.25, 0.3) is 0 Å². The topological polar surface area (TPSA) is 36.8 Å². The first kappa shape index (κ1) is 15.5. The van der Waals surface area contributed by atoms with E-state index in [2.05, 4.69) is 17.4 Å². The van der Waals surface area contributed by atoms with Gasteiger partial charge in [0.05, 0.1) is 0 Å². The van der Waals surface area contributed by atoms with Crippen LogP contribution in [0.4, 0.5) is 0 Å². The minimum absolute atomic E-state index is 0.579. The summed E-state index contributed by atoms with van der Waals surface area (Å²) in [5.41, 5.74) is 2.12. The first-order valence-corrected chi connectivity index (χ1v) is 7.98. The monoisotopic (exact) mass is 304 g/mol. The molecule has 0 atom stereocenters. The van der Waals surface area contributed by atoms with E-state index >= 15 is 0 Å². The summed E-state index contributed by atoms with van der Waals surface area (Å²) in [5, 5.41) is 13.6. The molecule has 0 aliphatic carbocycles. The number of nitrogens with two attached hydrogens (primary N) is 1. The third kappa shape index (κ3) is 3.67. The highest BCUT2D eigenvalue weighted by Crippen LogP contribution is 2.27. The molecule has 0 radical (unpaired) electrons. The van der Waals surface area contributed by atoms with Gasteiger partial charge >= 0.3 is 0 Å². The summed E-state index contributed by atoms with van der Waals surface area (Å²) in [4.78, 5) is 0. The van der Waals surface area contributed by atoms with Gasteiger partial charge in [-0.1, -0.05) is 91.0 Å². The summed E-state index contributed by atoms with van der Waals surface area (Å²) in [7, 11) is 0. The SMILES string of the molecule is OC(C[NH2+]Cc1ccccc1)(c1ccccc1)c1ccccc1. The maximum atomic E-state index is 11.4. The molecule has 0 bridgehead atoms. The number of hydrogen-bond acceptors (Lipinski definition) is 1. The van der Waals surface area contributed by atoms with Crippen LogP contribution in [0.1, 0.15) is 16.7 Å². The van der Waals surface area contributed by atoms with Gasteiger partial charge < -0.3 is 10.4 Å². The van der Waals surface area contributed by atoms with E-state index in [1.54, 1.807) is 0 Å². The van der Waals surface area contributed by atoms with Crippen molar-refractivity contribution in [2.45, 2.75) is 12.1 Å². The zero-order valence-corrected chi connectivity index (χ0v) is 13.1. The van der Waals surface area contributed by atoms with Crippen molar-refractivity contribution < 1.29 is 10.4 Å². The average Bonchev–Trinajstić information content (AvgIpc) is 2.64. The molecule has 0 saturated heterocycles. The number of quaternary nitrogens is 1. The molecule has 0 amide bonds. The molecule has 0 aliphatic rings. The van der Waals surface area contributed by atoms with Crippen LogP contribution in [-0.4, -0.2) is 11.7 Å². The van der Waals surface area contributed by atoms with Gasteiger partial charge in [0.2, 0.25) is 0 Å². The third-order valence-electron chi connectivity index (χ3n) is 4.17. The second kappa shape index (κ2) is 7.23. The number of hydrogen-bond donors (Lipinski definition) is 2. The van der Waals surface area contributed by atoms with Crippen molar-refractivity contribution in [1.82, 2.24) is 0 Å². The lowest BCUT2D eigenvalue weighted by atomic mass is 9.86. The van der Waals surface area contributed by atoms with Crippen LogP contribution in [0, 0.1) is 0 Å². The van der Waals surface area contributed by atoms with Gasteiger partial charge in [0, 0.05) is 5.56 Å². The van der Waals surface area contributed by atoms with Gasteiger partial charge in [0.25, 0.3) is 0 Å². The lowest BCUT2D eigenvalue weighted by molar-refractivity contribution is -0.682. The Bertz CT molecular complexity index is 671. The Morgan fingerprint density at radius 2 is 1.09 bits per heavy atom.